The van der Waals surface area contributed by atoms with Crippen LogP contribution in [-0.4, -0.2) is 0 Å². The number of hydrogen-bond donors (Lipinski definition) is 0. The van der Waals surface area contributed by atoms with Crippen LogP contribution in [0.4, 0.5) is 21.5 Å². The summed E-state index contributed by atoms with van der Waals surface area (Å²) in [5, 5.41) is 4.65. The van der Waals surface area contributed by atoms with E-state index in [0.717, 1.165) is 50.1 Å². The molecule has 4 heteroatoms. The van der Waals surface area contributed by atoms with Crippen molar-refractivity contribution >= 4 is 70.5 Å². The standard InChI is InChI=1S/C36H22FNOS/c37-25-19-15-23(16-20-25)24-17-21-26(22-18-24)38(30-10-6-14-34-35(30)29-8-2-4-13-33(29)40-34)31-11-5-9-28-27-7-1-3-12-32(27)39-36(28)31/h1-22H. The minimum absolute atomic E-state index is 0.235. The van der Waals surface area contributed by atoms with Gasteiger partial charge in [-0.3, -0.25) is 0 Å². The first kappa shape index (κ1) is 23.0. The molecule has 0 saturated carbocycles. The number of nitrogens with zero attached hydrogens (tertiary/aromatic N) is 1. The average molecular weight is 536 g/mol. The van der Waals surface area contributed by atoms with E-state index in [1.54, 1.807) is 0 Å². The molecule has 0 aliphatic carbocycles. The minimum atomic E-state index is -0.235. The van der Waals surface area contributed by atoms with Crippen molar-refractivity contribution in [3.8, 4) is 11.1 Å². The summed E-state index contributed by atoms with van der Waals surface area (Å²) in [4.78, 5) is 2.31. The molecule has 2 aromatic heterocycles. The minimum Gasteiger partial charge on any atom is -0.454 e. The first-order valence-corrected chi connectivity index (χ1v) is 14.0. The molecule has 0 aliphatic heterocycles. The lowest BCUT2D eigenvalue weighted by molar-refractivity contribution is 0.628. The molecule has 0 atom stereocenters. The van der Waals surface area contributed by atoms with Gasteiger partial charge in [-0.25, -0.2) is 4.39 Å². The van der Waals surface area contributed by atoms with Crippen LogP contribution >= 0.6 is 11.3 Å². The Morgan fingerprint density at radius 3 is 1.98 bits per heavy atom. The summed E-state index contributed by atoms with van der Waals surface area (Å²) < 4.78 is 22.6. The molecule has 190 valence electrons. The van der Waals surface area contributed by atoms with Gasteiger partial charge in [0.05, 0.1) is 11.4 Å². The van der Waals surface area contributed by atoms with Crippen molar-refractivity contribution in [2.45, 2.75) is 0 Å². The summed E-state index contributed by atoms with van der Waals surface area (Å²) in [6, 6.07) is 44.7. The van der Waals surface area contributed by atoms with E-state index in [1.807, 2.05) is 41.7 Å². The molecule has 0 aliphatic rings. The van der Waals surface area contributed by atoms with E-state index < -0.39 is 0 Å². The largest absolute Gasteiger partial charge is 0.454 e. The van der Waals surface area contributed by atoms with Gasteiger partial charge in [0, 0.05) is 36.6 Å². The van der Waals surface area contributed by atoms with Gasteiger partial charge in [0.15, 0.2) is 5.58 Å². The summed E-state index contributed by atoms with van der Waals surface area (Å²) in [6.07, 6.45) is 0. The molecule has 0 N–H and O–H groups in total. The third-order valence-electron chi connectivity index (χ3n) is 7.55. The zero-order valence-corrected chi connectivity index (χ0v) is 22.2. The highest BCUT2D eigenvalue weighted by atomic mass is 32.1. The Morgan fingerprint density at radius 1 is 0.525 bits per heavy atom. The molecule has 2 nitrogen and oxygen atoms in total. The third-order valence-corrected chi connectivity index (χ3v) is 8.68. The molecule has 40 heavy (non-hydrogen) atoms. The van der Waals surface area contributed by atoms with Gasteiger partial charge in [-0.15, -0.1) is 11.3 Å². The van der Waals surface area contributed by atoms with E-state index in [-0.39, 0.29) is 5.82 Å². The van der Waals surface area contributed by atoms with Gasteiger partial charge < -0.3 is 9.32 Å². The summed E-state index contributed by atoms with van der Waals surface area (Å²) in [5.41, 5.74) is 6.82. The van der Waals surface area contributed by atoms with Crippen LogP contribution in [-0.2, 0) is 0 Å². The molecule has 0 amide bonds. The van der Waals surface area contributed by atoms with E-state index in [0.29, 0.717) is 0 Å². The Kier molecular flexibility index (Phi) is 5.22. The van der Waals surface area contributed by atoms with Crippen LogP contribution < -0.4 is 4.90 Å². The highest BCUT2D eigenvalue weighted by molar-refractivity contribution is 7.26. The van der Waals surface area contributed by atoms with Crippen molar-refractivity contribution < 1.29 is 8.81 Å². The molecule has 0 radical (unpaired) electrons. The zero-order chi connectivity index (χ0) is 26.6. The number of anilines is 3. The molecule has 0 unspecified atom stereocenters. The van der Waals surface area contributed by atoms with Crippen molar-refractivity contribution in [3.63, 3.8) is 0 Å². The molecular weight excluding hydrogens is 513 g/mol. The maximum absolute atomic E-state index is 13.5. The number of thiophene rings is 1. The van der Waals surface area contributed by atoms with E-state index in [1.165, 1.54) is 32.3 Å². The predicted octanol–water partition coefficient (Wildman–Crippen LogP) is 11.2. The van der Waals surface area contributed by atoms with E-state index in [2.05, 4.69) is 95.9 Å². The average Bonchev–Trinajstić information content (AvgIpc) is 3.58. The van der Waals surface area contributed by atoms with Crippen LogP contribution in [0.2, 0.25) is 0 Å². The number of para-hydroxylation sites is 2. The van der Waals surface area contributed by atoms with Crippen molar-refractivity contribution in [1.29, 1.82) is 0 Å². The lowest BCUT2D eigenvalue weighted by Gasteiger charge is -2.26. The Bertz CT molecular complexity index is 2170. The van der Waals surface area contributed by atoms with Crippen LogP contribution in [0.3, 0.4) is 0 Å². The SMILES string of the molecule is Fc1ccc(-c2ccc(N(c3cccc4c3oc3ccccc34)c3cccc4sc5ccccc5c34)cc2)cc1. The Labute approximate surface area is 234 Å². The Morgan fingerprint density at radius 2 is 1.15 bits per heavy atom. The number of hydrogen-bond acceptors (Lipinski definition) is 3. The number of rotatable bonds is 4. The monoisotopic (exact) mass is 535 g/mol. The van der Waals surface area contributed by atoms with Crippen LogP contribution in [0.25, 0.3) is 53.2 Å². The second-order valence-electron chi connectivity index (χ2n) is 9.89. The van der Waals surface area contributed by atoms with E-state index in [9.17, 15) is 4.39 Å². The molecule has 6 aromatic carbocycles. The quantitative estimate of drug-likeness (QED) is 0.223. The molecular formula is C36H22FNOS. The predicted molar refractivity (Wildman–Crippen MR) is 167 cm³/mol. The molecule has 0 spiro atoms. The van der Waals surface area contributed by atoms with Gasteiger partial charge in [-0.1, -0.05) is 78.9 Å². The summed E-state index contributed by atoms with van der Waals surface area (Å²) in [6.45, 7) is 0. The van der Waals surface area contributed by atoms with Crippen LogP contribution in [0.15, 0.2) is 138 Å². The maximum Gasteiger partial charge on any atom is 0.159 e. The zero-order valence-electron chi connectivity index (χ0n) is 21.3. The van der Waals surface area contributed by atoms with Crippen LogP contribution in [0.5, 0.6) is 0 Å². The van der Waals surface area contributed by atoms with Gasteiger partial charge in [0.2, 0.25) is 0 Å². The highest BCUT2D eigenvalue weighted by Gasteiger charge is 2.22. The number of fused-ring (bicyclic) bond motifs is 6. The van der Waals surface area contributed by atoms with E-state index >= 15 is 0 Å². The molecule has 8 rings (SSSR count). The van der Waals surface area contributed by atoms with Crippen molar-refractivity contribution in [2.24, 2.45) is 0 Å². The van der Waals surface area contributed by atoms with Gasteiger partial charge >= 0.3 is 0 Å². The number of furan rings is 1. The van der Waals surface area contributed by atoms with Gasteiger partial charge in [0.25, 0.3) is 0 Å². The van der Waals surface area contributed by atoms with Gasteiger partial charge in [-0.05, 0) is 65.7 Å². The summed E-state index contributed by atoms with van der Waals surface area (Å²) in [5.74, 6) is -0.235. The lowest BCUT2D eigenvalue weighted by Crippen LogP contribution is -2.10. The first-order valence-electron chi connectivity index (χ1n) is 13.2. The van der Waals surface area contributed by atoms with Crippen LogP contribution in [0.1, 0.15) is 0 Å². The van der Waals surface area contributed by atoms with Crippen molar-refractivity contribution in [3.05, 3.63) is 139 Å². The number of benzene rings is 6. The van der Waals surface area contributed by atoms with Crippen LogP contribution in [0, 0.1) is 5.82 Å². The molecule has 0 saturated heterocycles. The number of halogens is 1. The fraction of sp³-hybridized carbons (Fsp3) is 0. The second-order valence-corrected chi connectivity index (χ2v) is 11.0. The molecule has 8 aromatic rings. The first-order chi connectivity index (χ1) is 19.7. The van der Waals surface area contributed by atoms with Crippen molar-refractivity contribution in [1.82, 2.24) is 0 Å². The molecule has 0 bridgehead atoms. The Hall–Kier alpha value is -4.93. The molecule has 2 heterocycles. The highest BCUT2D eigenvalue weighted by Crippen LogP contribution is 2.47. The molecule has 0 fully saturated rings. The van der Waals surface area contributed by atoms with E-state index in [4.69, 9.17) is 4.42 Å². The second kappa shape index (κ2) is 9.08. The van der Waals surface area contributed by atoms with Crippen molar-refractivity contribution in [2.75, 3.05) is 4.90 Å². The maximum atomic E-state index is 13.5. The smallest absolute Gasteiger partial charge is 0.159 e. The topological polar surface area (TPSA) is 16.4 Å². The fourth-order valence-electron chi connectivity index (χ4n) is 5.70. The third kappa shape index (κ3) is 3.61. The lowest BCUT2D eigenvalue weighted by atomic mass is 10.0. The normalized spacial score (nSPS) is 11.6. The summed E-state index contributed by atoms with van der Waals surface area (Å²) >= 11 is 1.81. The summed E-state index contributed by atoms with van der Waals surface area (Å²) in [7, 11) is 0. The van der Waals surface area contributed by atoms with Gasteiger partial charge in [0.1, 0.15) is 11.4 Å². The Balaban J connectivity index is 1.40. The van der Waals surface area contributed by atoms with Gasteiger partial charge in [-0.2, -0.15) is 0 Å². The fourth-order valence-corrected chi connectivity index (χ4v) is 6.83.